The van der Waals surface area contributed by atoms with Crippen molar-refractivity contribution in [2.45, 2.75) is 69.9 Å². The van der Waals surface area contributed by atoms with E-state index in [4.69, 9.17) is 0 Å². The van der Waals surface area contributed by atoms with E-state index in [1.165, 1.54) is 0 Å². The maximum Gasteiger partial charge on any atom is 0.279 e. The Kier molecular flexibility index (Phi) is 5.05. The largest absolute Gasteiger partial charge is 0.393 e. The van der Waals surface area contributed by atoms with Gasteiger partial charge in [0.2, 0.25) is 5.78 Å². The molecule has 1 N–H and O–H groups in total. The molecule has 5 nitrogen and oxygen atoms in total. The van der Waals surface area contributed by atoms with Gasteiger partial charge in [0.1, 0.15) is 0 Å². The molecule has 1 aliphatic carbocycles. The zero-order chi connectivity index (χ0) is 12.9. The topological polar surface area (TPSA) is 80.4 Å². The zero-order valence-corrected chi connectivity index (χ0v) is 10.4. The zero-order valence-electron chi connectivity index (χ0n) is 10.4. The second-order valence-electron chi connectivity index (χ2n) is 5.01. The van der Waals surface area contributed by atoms with Crippen molar-refractivity contribution in [1.82, 2.24) is 0 Å². The van der Waals surface area contributed by atoms with Crippen LogP contribution in [0.2, 0.25) is 0 Å². The third-order valence-electron chi connectivity index (χ3n) is 3.59. The first-order chi connectivity index (χ1) is 7.99. The van der Waals surface area contributed by atoms with Crippen LogP contribution in [0.1, 0.15) is 58.3 Å². The first-order valence-electron chi connectivity index (χ1n) is 6.35. The Balaban J connectivity index is 2.84. The second kappa shape index (κ2) is 6.10. The lowest BCUT2D eigenvalue weighted by Crippen LogP contribution is -2.47. The molecule has 0 saturated heterocycles. The molecule has 0 amide bonds. The summed E-state index contributed by atoms with van der Waals surface area (Å²) in [6.07, 6.45) is 3.93. The number of ketones is 1. The van der Waals surface area contributed by atoms with Crippen LogP contribution < -0.4 is 0 Å². The first-order valence-corrected chi connectivity index (χ1v) is 6.35. The summed E-state index contributed by atoms with van der Waals surface area (Å²) < 4.78 is 0. The van der Waals surface area contributed by atoms with E-state index in [0.29, 0.717) is 19.3 Å². The number of carbonyl (C=O) groups excluding carboxylic acids is 1. The van der Waals surface area contributed by atoms with Gasteiger partial charge in [0.25, 0.3) is 5.54 Å². The number of rotatable bonds is 4. The summed E-state index contributed by atoms with van der Waals surface area (Å²) >= 11 is 0. The molecule has 2 unspecified atom stereocenters. The maximum absolute atomic E-state index is 12.0. The lowest BCUT2D eigenvalue weighted by molar-refractivity contribution is -0.555. The predicted molar refractivity (Wildman–Crippen MR) is 63.3 cm³/mol. The molecule has 0 radical (unpaired) electrons. The summed E-state index contributed by atoms with van der Waals surface area (Å²) in [5, 5.41) is 20.5. The van der Waals surface area contributed by atoms with Gasteiger partial charge in [0, 0.05) is 24.2 Å². The van der Waals surface area contributed by atoms with E-state index in [1.54, 1.807) is 6.92 Å². The molecule has 1 aliphatic rings. The number of hydrogen-bond acceptors (Lipinski definition) is 4. The monoisotopic (exact) mass is 243 g/mol. The molecule has 5 heteroatoms. The molecule has 1 rings (SSSR count). The molecule has 98 valence electrons. The smallest absolute Gasteiger partial charge is 0.279 e. The molecule has 0 aromatic heterocycles. The first kappa shape index (κ1) is 14.1. The van der Waals surface area contributed by atoms with Gasteiger partial charge >= 0.3 is 0 Å². The molecule has 0 heterocycles. The van der Waals surface area contributed by atoms with Crippen LogP contribution in [0.3, 0.4) is 0 Å². The number of hydrogen-bond donors (Lipinski definition) is 1. The molecule has 0 aromatic rings. The standard InChI is InChI=1S/C12H21NO4/c1-10(14)7-9-12(13(16)17)8-5-3-2-4-6-11(12)15/h10,14H,2-9H2,1H3. The third kappa shape index (κ3) is 3.49. The number of nitrogens with zero attached hydrogens (tertiary/aromatic N) is 1. The van der Waals surface area contributed by atoms with Crippen molar-refractivity contribution in [1.29, 1.82) is 0 Å². The Labute approximate surface area is 101 Å². The molecule has 0 spiro atoms. The fourth-order valence-corrected chi connectivity index (χ4v) is 2.43. The van der Waals surface area contributed by atoms with Crippen molar-refractivity contribution in [3.8, 4) is 0 Å². The lowest BCUT2D eigenvalue weighted by atomic mass is 9.79. The summed E-state index contributed by atoms with van der Waals surface area (Å²) in [5.74, 6) is -0.247. The highest BCUT2D eigenvalue weighted by molar-refractivity contribution is 5.87. The average Bonchev–Trinajstić information content (AvgIpc) is 2.23. The van der Waals surface area contributed by atoms with Crippen LogP contribution in [0.15, 0.2) is 0 Å². The van der Waals surface area contributed by atoms with Gasteiger partial charge < -0.3 is 5.11 Å². The van der Waals surface area contributed by atoms with E-state index < -0.39 is 16.6 Å². The highest BCUT2D eigenvalue weighted by Gasteiger charge is 2.49. The number of carbonyl (C=O) groups is 1. The molecule has 2 atom stereocenters. The Morgan fingerprint density at radius 1 is 1.41 bits per heavy atom. The summed E-state index contributed by atoms with van der Waals surface area (Å²) in [5.41, 5.74) is -1.43. The lowest BCUT2D eigenvalue weighted by Gasteiger charge is -2.26. The van der Waals surface area contributed by atoms with Gasteiger partial charge in [-0.05, 0) is 26.2 Å². The SMILES string of the molecule is CC(O)CCC1([N+](=O)[O-])CCCCCCC1=O. The van der Waals surface area contributed by atoms with Gasteiger partial charge in [-0.2, -0.15) is 0 Å². The van der Waals surface area contributed by atoms with E-state index in [0.717, 1.165) is 25.7 Å². The van der Waals surface area contributed by atoms with E-state index in [2.05, 4.69) is 0 Å². The predicted octanol–water partition coefficient (Wildman–Crippen LogP) is 2.09. The number of nitro groups is 1. The average molecular weight is 243 g/mol. The molecule has 0 aliphatic heterocycles. The number of Topliss-reactive ketones (excluding diaryl/α,β-unsaturated/α-hetero) is 1. The summed E-state index contributed by atoms with van der Waals surface area (Å²) in [7, 11) is 0. The Hall–Kier alpha value is -0.970. The number of aliphatic hydroxyl groups is 1. The molecule has 1 fully saturated rings. The highest BCUT2D eigenvalue weighted by atomic mass is 16.6. The minimum absolute atomic E-state index is 0.163. The molecular weight excluding hydrogens is 222 g/mol. The van der Waals surface area contributed by atoms with Crippen LogP contribution in [0, 0.1) is 10.1 Å². The number of aliphatic hydroxyl groups excluding tert-OH is 1. The van der Waals surface area contributed by atoms with Crippen LogP contribution in [0.5, 0.6) is 0 Å². The Morgan fingerprint density at radius 3 is 2.65 bits per heavy atom. The highest BCUT2D eigenvalue weighted by Crippen LogP contribution is 2.31. The van der Waals surface area contributed by atoms with E-state index in [9.17, 15) is 20.0 Å². The summed E-state index contributed by atoms with van der Waals surface area (Å²) in [6, 6.07) is 0. The second-order valence-corrected chi connectivity index (χ2v) is 5.01. The van der Waals surface area contributed by atoms with Crippen LogP contribution in [-0.4, -0.2) is 27.5 Å². The van der Waals surface area contributed by atoms with Gasteiger partial charge in [0.15, 0.2) is 0 Å². The molecule has 0 aromatic carbocycles. The van der Waals surface area contributed by atoms with Crippen molar-refractivity contribution < 1.29 is 14.8 Å². The van der Waals surface area contributed by atoms with Gasteiger partial charge in [-0.3, -0.25) is 14.9 Å². The van der Waals surface area contributed by atoms with Gasteiger partial charge in [0.05, 0.1) is 6.10 Å². The molecular formula is C12H21NO4. The summed E-state index contributed by atoms with van der Waals surface area (Å²) in [6.45, 7) is 1.60. The van der Waals surface area contributed by atoms with Crippen LogP contribution in [0.25, 0.3) is 0 Å². The maximum atomic E-state index is 12.0. The van der Waals surface area contributed by atoms with Crippen LogP contribution >= 0.6 is 0 Å². The normalized spacial score (nSPS) is 28.2. The fraction of sp³-hybridized carbons (Fsp3) is 0.917. The quantitative estimate of drug-likeness (QED) is 0.605. The van der Waals surface area contributed by atoms with Crippen LogP contribution in [0.4, 0.5) is 0 Å². The Bertz CT molecular complexity index is 290. The Morgan fingerprint density at radius 2 is 2.06 bits per heavy atom. The minimum atomic E-state index is -1.43. The van der Waals surface area contributed by atoms with E-state index in [1.807, 2.05) is 0 Å². The summed E-state index contributed by atoms with van der Waals surface area (Å²) in [4.78, 5) is 22.9. The van der Waals surface area contributed by atoms with Gasteiger partial charge in [-0.15, -0.1) is 0 Å². The van der Waals surface area contributed by atoms with Crippen molar-refractivity contribution in [3.63, 3.8) is 0 Å². The van der Waals surface area contributed by atoms with Crippen molar-refractivity contribution >= 4 is 5.78 Å². The molecule has 0 bridgehead atoms. The van der Waals surface area contributed by atoms with E-state index >= 15 is 0 Å². The van der Waals surface area contributed by atoms with Gasteiger partial charge in [-0.1, -0.05) is 12.8 Å². The van der Waals surface area contributed by atoms with Crippen molar-refractivity contribution in [3.05, 3.63) is 10.1 Å². The van der Waals surface area contributed by atoms with E-state index in [-0.39, 0.29) is 12.2 Å². The fourth-order valence-electron chi connectivity index (χ4n) is 2.43. The van der Waals surface area contributed by atoms with Crippen LogP contribution in [-0.2, 0) is 4.79 Å². The molecule has 17 heavy (non-hydrogen) atoms. The van der Waals surface area contributed by atoms with Gasteiger partial charge in [-0.25, -0.2) is 0 Å². The minimum Gasteiger partial charge on any atom is -0.393 e. The van der Waals surface area contributed by atoms with Crippen molar-refractivity contribution in [2.75, 3.05) is 0 Å². The molecule has 1 saturated carbocycles. The van der Waals surface area contributed by atoms with Crippen molar-refractivity contribution in [2.24, 2.45) is 0 Å². The third-order valence-corrected chi connectivity index (χ3v) is 3.59.